The molecule has 6 heteroatoms. The molecule has 218 valence electrons. The highest BCUT2D eigenvalue weighted by Crippen LogP contribution is 2.45. The molecular formula is C41H24N6. The first-order valence-electron chi connectivity index (χ1n) is 15.8. The van der Waals surface area contributed by atoms with Gasteiger partial charge < -0.3 is 9.13 Å². The van der Waals surface area contributed by atoms with Crippen LogP contribution in [-0.2, 0) is 0 Å². The van der Waals surface area contributed by atoms with Crippen LogP contribution in [-0.4, -0.2) is 28.5 Å². The topological polar surface area (TPSA) is 52.9 Å². The van der Waals surface area contributed by atoms with Gasteiger partial charge >= 0.3 is 0 Å². The van der Waals surface area contributed by atoms with Gasteiger partial charge in [0.15, 0.2) is 5.65 Å². The smallest absolute Gasteiger partial charge is 0.165 e. The summed E-state index contributed by atoms with van der Waals surface area (Å²) in [6, 6.07) is 45.4. The summed E-state index contributed by atoms with van der Waals surface area (Å²) in [7, 11) is 0. The van der Waals surface area contributed by atoms with Gasteiger partial charge in [0.05, 0.1) is 33.8 Å². The Labute approximate surface area is 267 Å². The molecule has 6 heterocycles. The summed E-state index contributed by atoms with van der Waals surface area (Å²) in [5.74, 6) is 0. The maximum atomic E-state index is 5.25. The zero-order valence-corrected chi connectivity index (χ0v) is 25.0. The molecule has 0 N–H and O–H groups in total. The number of para-hydroxylation sites is 3. The zero-order valence-electron chi connectivity index (χ0n) is 25.0. The van der Waals surface area contributed by atoms with Gasteiger partial charge in [-0.1, -0.05) is 72.8 Å². The number of benzene rings is 5. The maximum Gasteiger partial charge on any atom is 0.165 e. The van der Waals surface area contributed by atoms with Gasteiger partial charge in [-0.15, -0.1) is 0 Å². The fourth-order valence-corrected chi connectivity index (χ4v) is 7.89. The van der Waals surface area contributed by atoms with Crippen LogP contribution in [0.15, 0.2) is 146 Å². The third-order valence-electron chi connectivity index (χ3n) is 9.73. The van der Waals surface area contributed by atoms with E-state index in [9.17, 15) is 0 Å². The molecule has 0 unspecified atom stereocenters. The van der Waals surface area contributed by atoms with E-state index in [-0.39, 0.29) is 0 Å². The lowest BCUT2D eigenvalue weighted by atomic mass is 10.0. The summed E-state index contributed by atoms with van der Waals surface area (Å²) >= 11 is 0. The van der Waals surface area contributed by atoms with E-state index in [2.05, 4.69) is 134 Å². The molecule has 0 fully saturated rings. The van der Waals surface area contributed by atoms with Crippen molar-refractivity contribution in [2.45, 2.75) is 0 Å². The zero-order chi connectivity index (χ0) is 30.6. The van der Waals surface area contributed by atoms with Crippen LogP contribution in [0.4, 0.5) is 0 Å². The van der Waals surface area contributed by atoms with E-state index < -0.39 is 0 Å². The number of nitrogens with zero attached hydrogens (tertiary/aromatic N) is 6. The minimum absolute atomic E-state index is 0.831. The van der Waals surface area contributed by atoms with Gasteiger partial charge in [0.25, 0.3) is 0 Å². The van der Waals surface area contributed by atoms with Gasteiger partial charge in [0.1, 0.15) is 11.2 Å². The first-order valence-corrected chi connectivity index (χ1v) is 15.8. The Bertz CT molecular complexity index is 3060. The highest BCUT2D eigenvalue weighted by molar-refractivity contribution is 6.33. The number of imidazole rings is 1. The maximum absolute atomic E-state index is 5.25. The average Bonchev–Trinajstić information content (AvgIpc) is 3.80. The molecule has 11 rings (SSSR count). The predicted octanol–water partition coefficient (Wildman–Crippen LogP) is 9.78. The molecule has 0 aliphatic carbocycles. The minimum atomic E-state index is 0.831. The largest absolute Gasteiger partial charge is 0.307 e. The van der Waals surface area contributed by atoms with Gasteiger partial charge in [-0.3, -0.25) is 9.38 Å². The minimum Gasteiger partial charge on any atom is -0.307 e. The van der Waals surface area contributed by atoms with Gasteiger partial charge in [0, 0.05) is 56.1 Å². The number of fused-ring (bicyclic) bond motifs is 16. The Morgan fingerprint density at radius 2 is 1.11 bits per heavy atom. The molecule has 5 aromatic carbocycles. The molecule has 0 aliphatic heterocycles. The van der Waals surface area contributed by atoms with E-state index >= 15 is 0 Å². The van der Waals surface area contributed by atoms with Crippen molar-refractivity contribution in [2.24, 2.45) is 0 Å². The molecule has 0 saturated heterocycles. The standard InChI is InChI=1S/C41H24N6/c1-3-10-25(11-4-1)45-33-16-8-7-14-27(33)30-17-18-31-36-34(46(39(31)38(30)45)26-12-5-2-6-13-26)20-19-29-28-21-23-42-24-35(28)47-40-32(15-9-22-43-40)44-41(47)37(29)36/h1-24H. The number of pyridine rings is 3. The Balaban J connectivity index is 1.47. The van der Waals surface area contributed by atoms with Crippen molar-refractivity contribution in [3.8, 4) is 11.4 Å². The van der Waals surface area contributed by atoms with Crippen LogP contribution in [0.5, 0.6) is 0 Å². The number of hydrogen-bond donors (Lipinski definition) is 0. The lowest BCUT2D eigenvalue weighted by Crippen LogP contribution is -1.98. The van der Waals surface area contributed by atoms with E-state index in [1.807, 2.05) is 30.7 Å². The average molecular weight is 601 g/mol. The van der Waals surface area contributed by atoms with Crippen molar-refractivity contribution in [1.82, 2.24) is 28.5 Å². The molecule has 0 atom stereocenters. The summed E-state index contributed by atoms with van der Waals surface area (Å²) < 4.78 is 7.06. The molecule has 0 bridgehead atoms. The van der Waals surface area contributed by atoms with Gasteiger partial charge in [-0.05, 0) is 60.0 Å². The van der Waals surface area contributed by atoms with E-state index in [1.54, 1.807) is 0 Å². The third-order valence-corrected chi connectivity index (χ3v) is 9.73. The molecule has 11 aromatic rings. The van der Waals surface area contributed by atoms with Crippen LogP contribution in [0.1, 0.15) is 0 Å². The van der Waals surface area contributed by atoms with E-state index in [1.165, 1.54) is 38.1 Å². The van der Waals surface area contributed by atoms with Crippen molar-refractivity contribution in [3.63, 3.8) is 0 Å². The van der Waals surface area contributed by atoms with Crippen LogP contribution >= 0.6 is 0 Å². The van der Waals surface area contributed by atoms with E-state index in [0.29, 0.717) is 0 Å². The van der Waals surface area contributed by atoms with Crippen LogP contribution in [0.2, 0.25) is 0 Å². The molecule has 0 saturated carbocycles. The summed E-state index contributed by atoms with van der Waals surface area (Å²) in [5.41, 5.74) is 10.5. The van der Waals surface area contributed by atoms with Gasteiger partial charge in [-0.2, -0.15) is 0 Å². The first kappa shape index (κ1) is 24.8. The molecule has 0 radical (unpaired) electrons. The molecule has 6 nitrogen and oxygen atoms in total. The lowest BCUT2D eigenvalue weighted by Gasteiger charge is -2.12. The van der Waals surface area contributed by atoms with E-state index in [0.717, 1.165) is 55.4 Å². The number of rotatable bonds is 2. The summed E-state index contributed by atoms with van der Waals surface area (Å²) in [6.45, 7) is 0. The molecule has 47 heavy (non-hydrogen) atoms. The normalized spacial score (nSPS) is 12.3. The Morgan fingerprint density at radius 1 is 0.426 bits per heavy atom. The third kappa shape index (κ3) is 3.16. The summed E-state index contributed by atoms with van der Waals surface area (Å²) in [4.78, 5) is 14.6. The summed E-state index contributed by atoms with van der Waals surface area (Å²) in [6.07, 6.45) is 5.64. The molecule has 0 aliphatic rings. The van der Waals surface area contributed by atoms with Crippen LogP contribution in [0.3, 0.4) is 0 Å². The van der Waals surface area contributed by atoms with Gasteiger partial charge in [0.2, 0.25) is 0 Å². The molecule has 6 aromatic heterocycles. The highest BCUT2D eigenvalue weighted by atomic mass is 15.1. The molecule has 0 spiro atoms. The van der Waals surface area contributed by atoms with Crippen LogP contribution in [0, 0.1) is 0 Å². The quantitative estimate of drug-likeness (QED) is 0.186. The van der Waals surface area contributed by atoms with Crippen LogP contribution < -0.4 is 0 Å². The molecule has 0 amide bonds. The van der Waals surface area contributed by atoms with E-state index in [4.69, 9.17) is 9.97 Å². The Hall–Kier alpha value is -6.53. The van der Waals surface area contributed by atoms with Crippen molar-refractivity contribution < 1.29 is 0 Å². The lowest BCUT2D eigenvalue weighted by molar-refractivity contribution is 1.15. The second-order valence-electron chi connectivity index (χ2n) is 12.1. The van der Waals surface area contributed by atoms with Crippen molar-refractivity contribution >= 4 is 82.1 Å². The van der Waals surface area contributed by atoms with Gasteiger partial charge in [-0.25, -0.2) is 9.97 Å². The fraction of sp³-hybridized carbons (Fsp3) is 0. The molecular weight excluding hydrogens is 576 g/mol. The monoisotopic (exact) mass is 600 g/mol. The van der Waals surface area contributed by atoms with Crippen LogP contribution in [0.25, 0.3) is 93.5 Å². The second kappa shape index (κ2) is 9.02. The summed E-state index contributed by atoms with van der Waals surface area (Å²) in [5, 5.41) is 8.18. The Kier molecular flexibility index (Phi) is 4.75. The highest BCUT2D eigenvalue weighted by Gasteiger charge is 2.24. The SMILES string of the molecule is c1ccc(-n2c3ccccc3c3ccc4c5c6c(ccc5n(-c5ccccc5)c4c32)c2ccncc2n2c3ncccc3nc62)cc1. The van der Waals surface area contributed by atoms with Crippen molar-refractivity contribution in [1.29, 1.82) is 0 Å². The van der Waals surface area contributed by atoms with Crippen molar-refractivity contribution in [2.75, 3.05) is 0 Å². The number of aromatic nitrogens is 6. The fourth-order valence-electron chi connectivity index (χ4n) is 7.89. The first-order chi connectivity index (χ1) is 23.4. The predicted molar refractivity (Wildman–Crippen MR) is 192 cm³/mol. The second-order valence-corrected chi connectivity index (χ2v) is 12.1. The van der Waals surface area contributed by atoms with Crippen molar-refractivity contribution in [3.05, 3.63) is 146 Å². The number of hydrogen-bond acceptors (Lipinski definition) is 3. The Morgan fingerprint density at radius 3 is 1.94 bits per heavy atom.